The first-order chi connectivity index (χ1) is 10.1. The molecule has 0 radical (unpaired) electrons. The van der Waals surface area contributed by atoms with Crippen molar-refractivity contribution in [2.75, 3.05) is 11.9 Å². The van der Waals surface area contributed by atoms with Crippen LogP contribution in [0.25, 0.3) is 0 Å². The molecule has 0 fully saturated rings. The van der Waals surface area contributed by atoms with E-state index in [1.165, 1.54) is 12.1 Å². The summed E-state index contributed by atoms with van der Waals surface area (Å²) in [5.41, 5.74) is 1.27. The second-order valence-electron chi connectivity index (χ2n) is 4.12. The van der Waals surface area contributed by atoms with E-state index in [9.17, 15) is 9.90 Å². The minimum atomic E-state index is -0.438. The topological polar surface area (TPSA) is 69.6 Å². The van der Waals surface area contributed by atoms with Crippen LogP contribution in [0.2, 0.25) is 0 Å². The Balaban J connectivity index is 2.30. The first-order valence-electron chi connectivity index (χ1n) is 6.10. The molecule has 0 bridgehead atoms. The fraction of sp³-hybridized carbons (Fsp3) is 0.0625. The van der Waals surface area contributed by atoms with Crippen molar-refractivity contribution in [2.45, 2.75) is 0 Å². The molecule has 2 aromatic carbocycles. The van der Waals surface area contributed by atoms with Crippen LogP contribution >= 0.6 is 15.9 Å². The number of carbonyl (C=O) groups excluding carboxylic acids is 1. The van der Waals surface area contributed by atoms with Crippen LogP contribution in [0.1, 0.15) is 15.9 Å². The maximum absolute atomic E-state index is 12.2. The molecule has 4 nitrogen and oxygen atoms in total. The normalized spacial score (nSPS) is 9.62. The third-order valence-electron chi connectivity index (χ3n) is 2.68. The fourth-order valence-corrected chi connectivity index (χ4v) is 2.08. The molecule has 0 saturated carbocycles. The molecule has 0 spiro atoms. The lowest BCUT2D eigenvalue weighted by Gasteiger charge is -2.09. The molecule has 5 heteroatoms. The van der Waals surface area contributed by atoms with Crippen molar-refractivity contribution in [3.8, 4) is 17.6 Å². The largest absolute Gasteiger partial charge is 0.507 e. The van der Waals surface area contributed by atoms with E-state index in [-0.39, 0.29) is 17.9 Å². The summed E-state index contributed by atoms with van der Waals surface area (Å²) in [6.07, 6.45) is 0. The number of benzene rings is 2. The zero-order valence-corrected chi connectivity index (χ0v) is 12.5. The van der Waals surface area contributed by atoms with Gasteiger partial charge in [0.25, 0.3) is 5.91 Å². The smallest absolute Gasteiger partial charge is 0.259 e. The number of nitrogens with one attached hydrogen (secondary N) is 1. The van der Waals surface area contributed by atoms with Gasteiger partial charge in [-0.3, -0.25) is 4.79 Å². The summed E-state index contributed by atoms with van der Waals surface area (Å²) in [5, 5.41) is 21.2. The molecule has 0 aliphatic heterocycles. The zero-order valence-electron chi connectivity index (χ0n) is 10.9. The van der Waals surface area contributed by atoms with Crippen LogP contribution in [0.15, 0.2) is 46.9 Å². The first-order valence-corrected chi connectivity index (χ1v) is 6.89. The lowest BCUT2D eigenvalue weighted by atomic mass is 10.1. The number of rotatable bonds is 2. The van der Waals surface area contributed by atoms with Gasteiger partial charge in [0.05, 0.1) is 11.3 Å². The summed E-state index contributed by atoms with van der Waals surface area (Å²) in [4.78, 5) is 12.2. The van der Waals surface area contributed by atoms with Crippen molar-refractivity contribution < 1.29 is 15.0 Å². The monoisotopic (exact) mass is 345 g/mol. The number of anilines is 1. The maximum Gasteiger partial charge on any atom is 0.259 e. The Morgan fingerprint density at radius 3 is 2.76 bits per heavy atom. The highest BCUT2D eigenvalue weighted by Gasteiger charge is 2.13. The van der Waals surface area contributed by atoms with Gasteiger partial charge in [0, 0.05) is 10.0 Å². The zero-order chi connectivity index (χ0) is 15.2. The highest BCUT2D eigenvalue weighted by Crippen LogP contribution is 2.23. The molecule has 0 atom stereocenters. The summed E-state index contributed by atoms with van der Waals surface area (Å²) < 4.78 is 0.693. The quantitative estimate of drug-likeness (QED) is 0.733. The highest BCUT2D eigenvalue weighted by atomic mass is 79.9. The minimum absolute atomic E-state index is 0.102. The Morgan fingerprint density at radius 2 is 2.00 bits per heavy atom. The average molecular weight is 346 g/mol. The van der Waals surface area contributed by atoms with Gasteiger partial charge < -0.3 is 15.5 Å². The van der Waals surface area contributed by atoms with Gasteiger partial charge in [0.2, 0.25) is 0 Å². The number of aromatic hydroxyl groups is 1. The Kier molecular flexibility index (Phi) is 4.99. The summed E-state index contributed by atoms with van der Waals surface area (Å²) >= 11 is 3.26. The molecule has 3 N–H and O–H groups in total. The fourth-order valence-electron chi connectivity index (χ4n) is 1.72. The maximum atomic E-state index is 12.2. The SMILES string of the molecule is O=C(Nc1ccccc1C#CCO)c1cc(Br)ccc1O. The van der Waals surface area contributed by atoms with Gasteiger partial charge >= 0.3 is 0 Å². The molecule has 0 unspecified atom stereocenters. The third kappa shape index (κ3) is 3.85. The summed E-state index contributed by atoms with van der Waals surface area (Å²) in [5.74, 6) is 4.75. The van der Waals surface area contributed by atoms with Gasteiger partial charge in [-0.1, -0.05) is 39.9 Å². The van der Waals surface area contributed by atoms with Gasteiger partial charge in [-0.15, -0.1) is 0 Å². The first kappa shape index (κ1) is 15.1. The van der Waals surface area contributed by atoms with Gasteiger partial charge in [-0.2, -0.15) is 0 Å². The van der Waals surface area contributed by atoms with E-state index in [1.54, 1.807) is 30.3 Å². The van der Waals surface area contributed by atoms with Gasteiger partial charge in [0.1, 0.15) is 12.4 Å². The average Bonchev–Trinajstić information content (AvgIpc) is 2.48. The summed E-state index contributed by atoms with van der Waals surface area (Å²) in [7, 11) is 0. The summed E-state index contributed by atoms with van der Waals surface area (Å²) in [6, 6.07) is 11.6. The third-order valence-corrected chi connectivity index (χ3v) is 3.17. The van der Waals surface area contributed by atoms with Crippen LogP contribution in [0.3, 0.4) is 0 Å². The van der Waals surface area contributed by atoms with Crippen LogP contribution in [0.4, 0.5) is 5.69 Å². The molecule has 0 aliphatic rings. The number of carbonyl (C=O) groups is 1. The Bertz CT molecular complexity index is 732. The van der Waals surface area contributed by atoms with Crippen LogP contribution in [0.5, 0.6) is 5.75 Å². The van der Waals surface area contributed by atoms with E-state index in [0.717, 1.165) is 0 Å². The number of para-hydroxylation sites is 1. The number of amides is 1. The predicted octanol–water partition coefficient (Wildman–Crippen LogP) is 2.75. The second kappa shape index (κ2) is 6.93. The number of phenols is 1. The van der Waals surface area contributed by atoms with E-state index >= 15 is 0 Å². The van der Waals surface area contributed by atoms with E-state index in [2.05, 4.69) is 33.1 Å². The molecule has 21 heavy (non-hydrogen) atoms. The van der Waals surface area contributed by atoms with Crippen molar-refractivity contribution in [1.82, 2.24) is 0 Å². The van der Waals surface area contributed by atoms with Crippen molar-refractivity contribution in [3.63, 3.8) is 0 Å². The van der Waals surface area contributed by atoms with Crippen LogP contribution in [0, 0.1) is 11.8 Å². The van der Waals surface area contributed by atoms with Gasteiger partial charge in [-0.25, -0.2) is 0 Å². The Labute approximate surface area is 130 Å². The molecule has 0 aromatic heterocycles. The van der Waals surface area contributed by atoms with E-state index in [1.807, 2.05) is 0 Å². The molecule has 1 amide bonds. The van der Waals surface area contributed by atoms with Crippen molar-refractivity contribution in [2.24, 2.45) is 0 Å². The number of aliphatic hydroxyl groups excluding tert-OH is 1. The molecular formula is C16H12BrNO3. The Morgan fingerprint density at radius 1 is 1.24 bits per heavy atom. The van der Waals surface area contributed by atoms with E-state index in [0.29, 0.717) is 15.7 Å². The van der Waals surface area contributed by atoms with Gasteiger partial charge in [-0.05, 0) is 30.3 Å². The van der Waals surface area contributed by atoms with Gasteiger partial charge in [0.15, 0.2) is 0 Å². The molecule has 0 heterocycles. The standard InChI is InChI=1S/C16H12BrNO3/c17-12-7-8-15(20)13(10-12)16(21)18-14-6-2-1-4-11(14)5-3-9-19/h1-2,4,6-8,10,19-20H,9H2,(H,18,21). The Hall–Kier alpha value is -2.29. The van der Waals surface area contributed by atoms with Crippen molar-refractivity contribution in [3.05, 3.63) is 58.1 Å². The number of hydrogen-bond donors (Lipinski definition) is 3. The predicted molar refractivity (Wildman–Crippen MR) is 84.2 cm³/mol. The van der Waals surface area contributed by atoms with Crippen LogP contribution in [-0.2, 0) is 0 Å². The second-order valence-corrected chi connectivity index (χ2v) is 5.04. The highest BCUT2D eigenvalue weighted by molar-refractivity contribution is 9.10. The molecular weight excluding hydrogens is 334 g/mol. The number of hydrogen-bond acceptors (Lipinski definition) is 3. The molecule has 0 saturated heterocycles. The number of halogens is 1. The molecule has 2 rings (SSSR count). The van der Waals surface area contributed by atoms with Crippen molar-refractivity contribution >= 4 is 27.5 Å². The molecule has 2 aromatic rings. The number of phenolic OH excluding ortho intramolecular Hbond substituents is 1. The number of aliphatic hydroxyl groups is 1. The molecule has 0 aliphatic carbocycles. The van der Waals surface area contributed by atoms with E-state index < -0.39 is 5.91 Å². The van der Waals surface area contributed by atoms with E-state index in [4.69, 9.17) is 5.11 Å². The lowest BCUT2D eigenvalue weighted by molar-refractivity contribution is 0.102. The van der Waals surface area contributed by atoms with Crippen molar-refractivity contribution in [1.29, 1.82) is 0 Å². The molecule has 106 valence electrons. The minimum Gasteiger partial charge on any atom is -0.507 e. The van der Waals surface area contributed by atoms with Crippen LogP contribution in [-0.4, -0.2) is 22.7 Å². The summed E-state index contributed by atoms with van der Waals surface area (Å²) in [6.45, 7) is -0.255. The van der Waals surface area contributed by atoms with Crippen LogP contribution < -0.4 is 5.32 Å². The lowest BCUT2D eigenvalue weighted by Crippen LogP contribution is -2.13.